The smallest absolute Gasteiger partial charge is 0.319 e. The van der Waals surface area contributed by atoms with Crippen molar-refractivity contribution in [1.29, 1.82) is 0 Å². The number of nitrogens with one attached hydrogen (secondary N) is 2. The first-order valence-electron chi connectivity index (χ1n) is 8.15. The summed E-state index contributed by atoms with van der Waals surface area (Å²) in [6.45, 7) is 0.869. The molecule has 2 aliphatic heterocycles. The number of thioether (sulfide) groups is 1. The number of urea groups is 1. The minimum absolute atomic E-state index is 0.0469. The van der Waals surface area contributed by atoms with Crippen molar-refractivity contribution in [3.8, 4) is 18.1 Å². The average Bonchev–Trinajstić information content (AvgIpc) is 3.01. The van der Waals surface area contributed by atoms with E-state index >= 15 is 0 Å². The summed E-state index contributed by atoms with van der Waals surface area (Å²) < 4.78 is 11.4. The van der Waals surface area contributed by atoms with Gasteiger partial charge in [0.05, 0.1) is 11.3 Å². The van der Waals surface area contributed by atoms with Gasteiger partial charge in [-0.15, -0.1) is 6.42 Å². The molecular weight excluding hydrogens is 324 g/mol. The number of hydrogen-bond acceptors (Lipinski definition) is 4. The third kappa shape index (κ3) is 4.16. The maximum absolute atomic E-state index is 12.3. The second-order valence-electron chi connectivity index (χ2n) is 6.11. The van der Waals surface area contributed by atoms with Gasteiger partial charge in [-0.1, -0.05) is 18.1 Å². The normalized spacial score (nSPS) is 25.9. The first kappa shape index (κ1) is 17.0. The number of benzene rings is 1. The summed E-state index contributed by atoms with van der Waals surface area (Å²) >= 11 is 1.93. The predicted molar refractivity (Wildman–Crippen MR) is 96.6 cm³/mol. The van der Waals surface area contributed by atoms with E-state index in [4.69, 9.17) is 15.9 Å². The molecule has 0 aromatic heterocycles. The highest BCUT2D eigenvalue weighted by Crippen LogP contribution is 2.38. The molecule has 2 N–H and O–H groups in total. The summed E-state index contributed by atoms with van der Waals surface area (Å²) in [5.74, 6) is 5.16. The SMILES string of the molecule is C#CCOc1ccccc1NC(=O)N[C@@H]1CCO[C@@]2(CCSC2)C1. The lowest BCUT2D eigenvalue weighted by Crippen LogP contribution is -2.49. The second kappa shape index (κ2) is 7.82. The van der Waals surface area contributed by atoms with Gasteiger partial charge in [0, 0.05) is 18.4 Å². The fourth-order valence-corrected chi connectivity index (χ4v) is 4.55. The fourth-order valence-electron chi connectivity index (χ4n) is 3.17. The van der Waals surface area contributed by atoms with E-state index in [9.17, 15) is 4.79 Å². The zero-order valence-electron chi connectivity index (χ0n) is 13.5. The van der Waals surface area contributed by atoms with Crippen LogP contribution in [0.2, 0.25) is 0 Å². The zero-order valence-corrected chi connectivity index (χ0v) is 14.4. The van der Waals surface area contributed by atoms with Gasteiger partial charge in [-0.3, -0.25) is 0 Å². The number of amides is 2. The van der Waals surface area contributed by atoms with Gasteiger partial charge in [-0.2, -0.15) is 11.8 Å². The van der Waals surface area contributed by atoms with Gasteiger partial charge in [0.1, 0.15) is 12.4 Å². The molecule has 0 unspecified atom stereocenters. The highest BCUT2D eigenvalue weighted by molar-refractivity contribution is 7.99. The van der Waals surface area contributed by atoms with Gasteiger partial charge >= 0.3 is 6.03 Å². The molecule has 2 fully saturated rings. The van der Waals surface area contributed by atoms with Crippen molar-refractivity contribution in [3.63, 3.8) is 0 Å². The zero-order chi connectivity index (χ0) is 16.8. The molecule has 2 heterocycles. The molecular formula is C18H22N2O3S. The first-order chi connectivity index (χ1) is 11.7. The van der Waals surface area contributed by atoms with Crippen LogP contribution in [0.15, 0.2) is 24.3 Å². The summed E-state index contributed by atoms with van der Waals surface area (Å²) in [6, 6.07) is 7.18. The molecule has 0 aliphatic carbocycles. The molecule has 0 bridgehead atoms. The Morgan fingerprint density at radius 2 is 2.38 bits per heavy atom. The molecule has 3 rings (SSSR count). The van der Waals surface area contributed by atoms with E-state index in [0.717, 1.165) is 30.8 Å². The lowest BCUT2D eigenvalue weighted by molar-refractivity contribution is -0.0682. The molecule has 2 amide bonds. The maximum atomic E-state index is 12.3. The van der Waals surface area contributed by atoms with Crippen molar-refractivity contribution in [1.82, 2.24) is 5.32 Å². The third-order valence-electron chi connectivity index (χ3n) is 4.34. The molecule has 2 atom stereocenters. The Bertz CT molecular complexity index is 623. The van der Waals surface area contributed by atoms with Gasteiger partial charge in [0.15, 0.2) is 0 Å². The Labute approximate surface area is 146 Å². The van der Waals surface area contributed by atoms with Crippen LogP contribution in [0.3, 0.4) is 0 Å². The number of ether oxygens (including phenoxy) is 2. The summed E-state index contributed by atoms with van der Waals surface area (Å²) in [6.07, 6.45) is 8.01. The van der Waals surface area contributed by atoms with Gasteiger partial charge in [0.2, 0.25) is 0 Å². The molecule has 128 valence electrons. The molecule has 0 radical (unpaired) electrons. The van der Waals surface area contributed by atoms with E-state index in [1.54, 1.807) is 12.1 Å². The lowest BCUT2D eigenvalue weighted by atomic mass is 9.90. The highest BCUT2D eigenvalue weighted by Gasteiger charge is 2.40. The second-order valence-corrected chi connectivity index (χ2v) is 7.22. The summed E-state index contributed by atoms with van der Waals surface area (Å²) in [5, 5.41) is 5.92. The molecule has 6 heteroatoms. The van der Waals surface area contributed by atoms with Crippen LogP contribution in [-0.2, 0) is 4.74 Å². The van der Waals surface area contributed by atoms with Crippen LogP contribution >= 0.6 is 11.8 Å². The van der Waals surface area contributed by atoms with E-state index in [1.165, 1.54) is 0 Å². The predicted octanol–water partition coefficient (Wildman–Crippen LogP) is 2.87. The van der Waals surface area contributed by atoms with Crippen LogP contribution in [0.1, 0.15) is 19.3 Å². The van der Waals surface area contributed by atoms with Crippen molar-refractivity contribution in [2.24, 2.45) is 0 Å². The van der Waals surface area contributed by atoms with Crippen LogP contribution in [0, 0.1) is 12.3 Å². The van der Waals surface area contributed by atoms with E-state index < -0.39 is 0 Å². The molecule has 1 spiro atoms. The van der Waals surface area contributed by atoms with Crippen LogP contribution in [0.4, 0.5) is 10.5 Å². The number of anilines is 1. The highest BCUT2D eigenvalue weighted by atomic mass is 32.2. The van der Waals surface area contributed by atoms with Crippen molar-refractivity contribution >= 4 is 23.5 Å². The Morgan fingerprint density at radius 1 is 1.50 bits per heavy atom. The largest absolute Gasteiger partial charge is 0.479 e. The standard InChI is InChI=1S/C18H22N2O3S/c1-2-9-22-16-6-4-3-5-15(16)20-17(21)19-14-7-10-23-18(12-14)8-11-24-13-18/h1,3-6,14H,7-13H2,(H2,19,20,21)/t14-,18+/m1/s1. The molecule has 2 aliphatic rings. The monoisotopic (exact) mass is 346 g/mol. The lowest BCUT2D eigenvalue weighted by Gasteiger charge is -2.38. The van der Waals surface area contributed by atoms with Gasteiger partial charge < -0.3 is 20.1 Å². The Morgan fingerprint density at radius 3 is 3.17 bits per heavy atom. The number of carbonyl (C=O) groups is 1. The minimum atomic E-state index is -0.223. The quantitative estimate of drug-likeness (QED) is 0.823. The molecule has 2 saturated heterocycles. The summed E-state index contributed by atoms with van der Waals surface area (Å²) in [7, 11) is 0. The van der Waals surface area contributed by atoms with Crippen molar-refractivity contribution in [3.05, 3.63) is 24.3 Å². The molecule has 0 saturated carbocycles. The topological polar surface area (TPSA) is 59.6 Å². The molecule has 5 nitrogen and oxygen atoms in total. The van der Waals surface area contributed by atoms with Gasteiger partial charge in [-0.05, 0) is 37.1 Å². The van der Waals surface area contributed by atoms with E-state index in [2.05, 4.69) is 16.6 Å². The number of rotatable bonds is 4. The maximum Gasteiger partial charge on any atom is 0.319 e. The summed E-state index contributed by atoms with van der Waals surface area (Å²) in [4.78, 5) is 12.3. The number of hydrogen-bond donors (Lipinski definition) is 2. The molecule has 1 aromatic carbocycles. The third-order valence-corrected chi connectivity index (χ3v) is 5.56. The van der Waals surface area contributed by atoms with Crippen LogP contribution in [0.5, 0.6) is 5.75 Å². The van der Waals surface area contributed by atoms with Crippen LogP contribution in [0.25, 0.3) is 0 Å². The first-order valence-corrected chi connectivity index (χ1v) is 9.31. The van der Waals surface area contributed by atoms with E-state index in [1.807, 2.05) is 23.9 Å². The fraction of sp³-hybridized carbons (Fsp3) is 0.500. The molecule has 24 heavy (non-hydrogen) atoms. The Balaban J connectivity index is 1.57. The Hall–Kier alpha value is -1.84. The van der Waals surface area contributed by atoms with E-state index in [0.29, 0.717) is 18.0 Å². The average molecular weight is 346 g/mol. The number of terminal acetylenes is 1. The summed E-state index contributed by atoms with van der Waals surface area (Å²) in [5.41, 5.74) is 0.567. The van der Waals surface area contributed by atoms with Gasteiger partial charge in [-0.25, -0.2) is 4.79 Å². The van der Waals surface area contributed by atoms with Crippen molar-refractivity contribution in [2.75, 3.05) is 30.0 Å². The van der Waals surface area contributed by atoms with Gasteiger partial charge in [0.25, 0.3) is 0 Å². The van der Waals surface area contributed by atoms with E-state index in [-0.39, 0.29) is 24.3 Å². The van der Waals surface area contributed by atoms with Crippen LogP contribution in [-0.4, -0.2) is 42.4 Å². The molecule has 1 aromatic rings. The van der Waals surface area contributed by atoms with Crippen molar-refractivity contribution in [2.45, 2.75) is 30.9 Å². The number of para-hydroxylation sites is 2. The van der Waals surface area contributed by atoms with Crippen LogP contribution < -0.4 is 15.4 Å². The minimum Gasteiger partial charge on any atom is -0.479 e. The number of carbonyl (C=O) groups excluding carboxylic acids is 1. The Kier molecular flexibility index (Phi) is 5.54. The van der Waals surface area contributed by atoms with Crippen molar-refractivity contribution < 1.29 is 14.3 Å².